The van der Waals surface area contributed by atoms with Crippen LogP contribution in [-0.4, -0.2) is 50.0 Å². The standard InChI is InChI=1S/C15H22N2O5S/c1-12-4-2-6-14(10-12)22-9-7-16-23(20,21)17-8-3-5-13(11-17)15(18)19/h2,4,6,10,13,16H,3,5,7-9,11H2,1H3,(H,18,19). The van der Waals surface area contributed by atoms with E-state index in [-0.39, 0.29) is 19.7 Å². The van der Waals surface area contributed by atoms with Crippen molar-refractivity contribution in [1.82, 2.24) is 9.03 Å². The van der Waals surface area contributed by atoms with Gasteiger partial charge in [-0.05, 0) is 37.5 Å². The summed E-state index contributed by atoms with van der Waals surface area (Å²) < 4.78 is 33.5. The number of hydrogen-bond acceptors (Lipinski definition) is 4. The van der Waals surface area contributed by atoms with Crippen LogP contribution in [0.3, 0.4) is 0 Å². The van der Waals surface area contributed by atoms with Crippen molar-refractivity contribution in [1.29, 1.82) is 0 Å². The van der Waals surface area contributed by atoms with Crippen molar-refractivity contribution in [3.63, 3.8) is 0 Å². The molecule has 1 heterocycles. The Morgan fingerprint density at radius 3 is 2.96 bits per heavy atom. The molecule has 0 bridgehead atoms. The van der Waals surface area contributed by atoms with Gasteiger partial charge in [0, 0.05) is 19.6 Å². The minimum Gasteiger partial charge on any atom is -0.492 e. The third kappa shape index (κ3) is 5.19. The number of aryl methyl sites for hydroxylation is 1. The molecule has 1 saturated heterocycles. The number of nitrogens with zero attached hydrogens (tertiary/aromatic N) is 1. The molecule has 7 nitrogen and oxygen atoms in total. The Morgan fingerprint density at radius 2 is 2.26 bits per heavy atom. The molecule has 0 aliphatic carbocycles. The molecule has 1 aromatic carbocycles. The van der Waals surface area contributed by atoms with E-state index in [4.69, 9.17) is 9.84 Å². The highest BCUT2D eigenvalue weighted by atomic mass is 32.2. The Hall–Kier alpha value is -1.64. The van der Waals surface area contributed by atoms with E-state index in [1.165, 1.54) is 4.31 Å². The topological polar surface area (TPSA) is 95.9 Å². The number of benzene rings is 1. The van der Waals surface area contributed by atoms with Crippen molar-refractivity contribution in [3.05, 3.63) is 29.8 Å². The fourth-order valence-electron chi connectivity index (χ4n) is 2.50. The number of ether oxygens (including phenoxy) is 1. The Kier molecular flexibility index (Phi) is 5.97. The fraction of sp³-hybridized carbons (Fsp3) is 0.533. The van der Waals surface area contributed by atoms with E-state index in [9.17, 15) is 13.2 Å². The maximum absolute atomic E-state index is 12.2. The number of aliphatic carboxylic acids is 1. The second-order valence-electron chi connectivity index (χ2n) is 5.60. The molecular formula is C15H22N2O5S. The molecule has 8 heteroatoms. The molecule has 1 aliphatic rings. The molecular weight excluding hydrogens is 320 g/mol. The summed E-state index contributed by atoms with van der Waals surface area (Å²) in [4.78, 5) is 11.0. The highest BCUT2D eigenvalue weighted by molar-refractivity contribution is 7.87. The number of piperidine rings is 1. The van der Waals surface area contributed by atoms with Crippen LogP contribution in [0.5, 0.6) is 5.75 Å². The lowest BCUT2D eigenvalue weighted by atomic mass is 10.0. The van der Waals surface area contributed by atoms with Crippen LogP contribution < -0.4 is 9.46 Å². The predicted octanol–water partition coefficient (Wildman–Crippen LogP) is 1.00. The second-order valence-corrected chi connectivity index (χ2v) is 7.35. The number of hydrogen-bond donors (Lipinski definition) is 2. The first-order valence-electron chi connectivity index (χ1n) is 7.55. The Labute approximate surface area is 136 Å². The first-order valence-corrected chi connectivity index (χ1v) is 8.99. The average molecular weight is 342 g/mol. The average Bonchev–Trinajstić information content (AvgIpc) is 2.52. The van der Waals surface area contributed by atoms with E-state index in [1.54, 1.807) is 0 Å². The minimum absolute atomic E-state index is 0.0173. The quantitative estimate of drug-likeness (QED) is 0.721. The molecule has 0 aromatic heterocycles. The van der Waals surface area contributed by atoms with Crippen LogP contribution in [0, 0.1) is 12.8 Å². The van der Waals surface area contributed by atoms with Gasteiger partial charge in [-0.3, -0.25) is 4.79 Å². The molecule has 0 radical (unpaired) electrons. The smallest absolute Gasteiger partial charge is 0.307 e. The Morgan fingerprint density at radius 1 is 1.48 bits per heavy atom. The van der Waals surface area contributed by atoms with E-state index in [0.717, 1.165) is 5.56 Å². The van der Waals surface area contributed by atoms with Gasteiger partial charge in [0.1, 0.15) is 12.4 Å². The van der Waals surface area contributed by atoms with Crippen LogP contribution >= 0.6 is 0 Å². The van der Waals surface area contributed by atoms with Crippen LogP contribution in [0.4, 0.5) is 0 Å². The van der Waals surface area contributed by atoms with Crippen LogP contribution in [0.2, 0.25) is 0 Å². The minimum atomic E-state index is -3.67. The largest absolute Gasteiger partial charge is 0.492 e. The van der Waals surface area contributed by atoms with Gasteiger partial charge in [-0.15, -0.1) is 0 Å². The molecule has 2 N–H and O–H groups in total. The van der Waals surface area contributed by atoms with Gasteiger partial charge in [0.05, 0.1) is 5.92 Å². The molecule has 0 spiro atoms. The van der Waals surface area contributed by atoms with Crippen molar-refractivity contribution < 1.29 is 23.1 Å². The summed E-state index contributed by atoms with van der Waals surface area (Å²) in [6.45, 7) is 2.65. The maximum atomic E-state index is 12.2. The van der Waals surface area contributed by atoms with E-state index < -0.39 is 22.1 Å². The molecule has 128 valence electrons. The predicted molar refractivity (Wildman–Crippen MR) is 85.5 cm³/mol. The SMILES string of the molecule is Cc1cccc(OCCNS(=O)(=O)N2CCCC(C(=O)O)C2)c1. The summed E-state index contributed by atoms with van der Waals surface area (Å²) in [6.07, 6.45) is 1.06. The van der Waals surface area contributed by atoms with Crippen molar-refractivity contribution in [3.8, 4) is 5.75 Å². The zero-order valence-electron chi connectivity index (χ0n) is 13.1. The van der Waals surface area contributed by atoms with Gasteiger partial charge in [-0.25, -0.2) is 0 Å². The van der Waals surface area contributed by atoms with Gasteiger partial charge in [-0.1, -0.05) is 12.1 Å². The number of carboxylic acid groups (broad SMARTS) is 1. The normalized spacial score (nSPS) is 19.4. The van der Waals surface area contributed by atoms with Gasteiger partial charge in [0.2, 0.25) is 0 Å². The highest BCUT2D eigenvalue weighted by Crippen LogP contribution is 2.18. The van der Waals surface area contributed by atoms with Gasteiger partial charge >= 0.3 is 5.97 Å². The monoisotopic (exact) mass is 342 g/mol. The van der Waals surface area contributed by atoms with Gasteiger partial charge in [-0.2, -0.15) is 17.4 Å². The van der Waals surface area contributed by atoms with E-state index >= 15 is 0 Å². The first kappa shape index (κ1) is 17.7. The molecule has 1 fully saturated rings. The summed E-state index contributed by atoms with van der Waals surface area (Å²) >= 11 is 0. The number of carbonyl (C=O) groups is 1. The van der Waals surface area contributed by atoms with Gasteiger partial charge < -0.3 is 9.84 Å². The summed E-state index contributed by atoms with van der Waals surface area (Å²) in [6, 6.07) is 7.50. The zero-order chi connectivity index (χ0) is 16.9. The van der Waals surface area contributed by atoms with E-state index in [0.29, 0.717) is 25.1 Å². The second kappa shape index (κ2) is 7.76. The van der Waals surface area contributed by atoms with Crippen molar-refractivity contribution in [2.75, 3.05) is 26.2 Å². The number of rotatable bonds is 7. The van der Waals surface area contributed by atoms with Crippen LogP contribution in [0.1, 0.15) is 18.4 Å². The maximum Gasteiger partial charge on any atom is 0.307 e. The summed E-state index contributed by atoms with van der Waals surface area (Å²) in [5.74, 6) is -0.898. The van der Waals surface area contributed by atoms with Crippen molar-refractivity contribution in [2.24, 2.45) is 5.92 Å². The molecule has 1 aromatic rings. The summed E-state index contributed by atoms with van der Waals surface area (Å²) in [5.41, 5.74) is 1.07. The van der Waals surface area contributed by atoms with E-state index in [1.807, 2.05) is 31.2 Å². The first-order chi connectivity index (χ1) is 10.9. The summed E-state index contributed by atoms with van der Waals surface area (Å²) in [7, 11) is -3.67. The lowest BCUT2D eigenvalue weighted by molar-refractivity contribution is -0.142. The zero-order valence-corrected chi connectivity index (χ0v) is 13.9. The third-order valence-corrected chi connectivity index (χ3v) is 5.30. The molecule has 1 unspecified atom stereocenters. The van der Waals surface area contributed by atoms with Crippen molar-refractivity contribution in [2.45, 2.75) is 19.8 Å². The third-order valence-electron chi connectivity index (χ3n) is 3.72. The lowest BCUT2D eigenvalue weighted by Gasteiger charge is -2.29. The Balaban J connectivity index is 1.80. The molecule has 0 amide bonds. The van der Waals surface area contributed by atoms with Crippen molar-refractivity contribution >= 4 is 16.2 Å². The van der Waals surface area contributed by atoms with Crippen LogP contribution in [0.25, 0.3) is 0 Å². The van der Waals surface area contributed by atoms with Crippen LogP contribution in [-0.2, 0) is 15.0 Å². The number of nitrogens with one attached hydrogen (secondary N) is 1. The molecule has 23 heavy (non-hydrogen) atoms. The molecule has 2 rings (SSSR count). The molecule has 1 atom stereocenters. The van der Waals surface area contributed by atoms with Gasteiger partial charge in [0.15, 0.2) is 0 Å². The summed E-state index contributed by atoms with van der Waals surface area (Å²) in [5, 5.41) is 9.02. The van der Waals surface area contributed by atoms with Crippen LogP contribution in [0.15, 0.2) is 24.3 Å². The van der Waals surface area contributed by atoms with Gasteiger partial charge in [0.25, 0.3) is 10.2 Å². The highest BCUT2D eigenvalue weighted by Gasteiger charge is 2.31. The lowest BCUT2D eigenvalue weighted by Crippen LogP contribution is -2.48. The fourth-order valence-corrected chi connectivity index (χ4v) is 3.77. The number of carboxylic acids is 1. The molecule has 0 saturated carbocycles. The Bertz CT molecular complexity index is 647. The van der Waals surface area contributed by atoms with E-state index in [2.05, 4.69) is 4.72 Å². The molecule has 1 aliphatic heterocycles.